The molecule has 2 atom stereocenters. The van der Waals surface area contributed by atoms with Gasteiger partial charge in [0.15, 0.2) is 5.58 Å². The number of furan rings is 1. The van der Waals surface area contributed by atoms with Gasteiger partial charge in [-0.25, -0.2) is 0 Å². The second kappa shape index (κ2) is 25.4. The highest BCUT2D eigenvalue weighted by Crippen LogP contribution is 2.66. The minimum absolute atomic E-state index is 0.698. The van der Waals surface area contributed by atoms with Gasteiger partial charge < -0.3 is 23.4 Å². The molecule has 4 aliphatic rings. The molecular weight excluding hydrogens is 1520 g/mol. The van der Waals surface area contributed by atoms with Crippen molar-refractivity contribution in [2.24, 2.45) is 0 Å². The monoisotopic (exact) mass is 1590 g/mol. The number of rotatable bonds is 9. The van der Waals surface area contributed by atoms with E-state index >= 15 is 0 Å². The lowest BCUT2D eigenvalue weighted by Crippen LogP contribution is -2.33. The van der Waals surface area contributed by atoms with Gasteiger partial charge in [0.2, 0.25) is 0 Å². The van der Waals surface area contributed by atoms with E-state index in [2.05, 4.69) is 444 Å². The normalized spacial score (nSPS) is 15.0. The van der Waals surface area contributed by atoms with Crippen LogP contribution in [0.2, 0.25) is 0 Å². The summed E-state index contributed by atoms with van der Waals surface area (Å²) in [5.74, 6) is 0. The zero-order valence-corrected chi connectivity index (χ0v) is 67.8. The van der Waals surface area contributed by atoms with Crippen LogP contribution in [0.25, 0.3) is 174 Å². The fourth-order valence-corrected chi connectivity index (χ4v) is 24.3. The molecule has 574 valence electrons. The second-order valence-electron chi connectivity index (χ2n) is 34.0. The summed E-state index contributed by atoms with van der Waals surface area (Å²) < 4.78 is 14.7. The molecule has 20 aromatic carbocycles. The molecule has 0 saturated carbocycles. The molecule has 6 heteroatoms. The molecule has 0 N–H and O–H groups in total. The van der Waals surface area contributed by atoms with Crippen LogP contribution in [-0.2, 0) is 10.8 Å². The lowest BCUT2D eigenvalue weighted by molar-refractivity contribution is 0.669. The van der Waals surface area contributed by atoms with Crippen LogP contribution in [0.1, 0.15) is 44.5 Å². The van der Waals surface area contributed by atoms with Gasteiger partial charge in [-0.3, -0.25) is 0 Å². The third-order valence-corrected chi connectivity index (χ3v) is 29.2. The van der Waals surface area contributed by atoms with E-state index in [9.17, 15) is 0 Å². The van der Waals surface area contributed by atoms with Crippen LogP contribution >= 0.6 is 11.3 Å². The first-order chi connectivity index (χ1) is 61.5. The summed E-state index contributed by atoms with van der Waals surface area (Å²) in [4.78, 5) is 5.02. The van der Waals surface area contributed by atoms with Crippen molar-refractivity contribution in [1.82, 2.24) is 9.13 Å². The molecule has 28 rings (SSSR count). The number of hydrogen-bond acceptors (Lipinski definition) is 4. The van der Waals surface area contributed by atoms with E-state index in [1.165, 1.54) is 180 Å². The van der Waals surface area contributed by atoms with E-state index in [1.807, 2.05) is 11.3 Å². The van der Waals surface area contributed by atoms with Crippen molar-refractivity contribution >= 4 is 153 Å². The summed E-state index contributed by atoms with van der Waals surface area (Å²) in [5, 5.41) is 14.5. The highest BCUT2D eigenvalue weighted by molar-refractivity contribution is 7.26. The van der Waals surface area contributed by atoms with Crippen LogP contribution in [0.5, 0.6) is 0 Å². The maximum Gasteiger partial charge on any atom is 0.159 e. The lowest BCUT2D eigenvalue weighted by Gasteiger charge is -2.40. The van der Waals surface area contributed by atoms with E-state index in [0.29, 0.717) is 0 Å². The molecule has 2 unspecified atom stereocenters. The number of aromatic nitrogens is 2. The van der Waals surface area contributed by atoms with Crippen molar-refractivity contribution in [1.29, 1.82) is 0 Å². The number of anilines is 6. The third-order valence-electron chi connectivity index (χ3n) is 28.0. The Morgan fingerprint density at radius 2 is 0.766 bits per heavy atom. The minimum Gasteiger partial charge on any atom is -0.454 e. The highest BCUT2D eigenvalue weighted by atomic mass is 32.1. The van der Waals surface area contributed by atoms with Crippen LogP contribution in [0, 0.1) is 0 Å². The molecule has 0 amide bonds. The van der Waals surface area contributed by atoms with Crippen LogP contribution in [0.15, 0.2) is 429 Å². The summed E-state index contributed by atoms with van der Waals surface area (Å²) in [5.41, 5.74) is 36.0. The average molecular weight is 1590 g/mol. The molecule has 0 bridgehead atoms. The molecule has 0 radical (unpaired) electrons. The summed E-state index contributed by atoms with van der Waals surface area (Å²) >= 11 is 1.89. The van der Waals surface area contributed by atoms with E-state index in [-0.39, 0.29) is 0 Å². The first-order valence-electron chi connectivity index (χ1n) is 42.9. The van der Waals surface area contributed by atoms with Gasteiger partial charge in [-0.15, -0.1) is 11.3 Å². The fraction of sp³-hybridized carbons (Fsp3) is 0.0169. The Balaban J connectivity index is 0.630. The molecule has 5 nitrogen and oxygen atoms in total. The lowest BCUT2D eigenvalue weighted by atomic mass is 9.64. The predicted molar refractivity (Wildman–Crippen MR) is 518 cm³/mol. The molecule has 4 aromatic heterocycles. The zero-order valence-electron chi connectivity index (χ0n) is 67.0. The molecule has 2 aliphatic heterocycles. The van der Waals surface area contributed by atoms with Crippen molar-refractivity contribution in [2.75, 3.05) is 9.80 Å². The number of nitrogens with zero attached hydrogens (tertiary/aromatic N) is 4. The van der Waals surface area contributed by atoms with Gasteiger partial charge in [-0.05, 0) is 225 Å². The third kappa shape index (κ3) is 9.05. The molecular formula is C118H70N4OS. The van der Waals surface area contributed by atoms with E-state index in [4.69, 9.17) is 4.42 Å². The van der Waals surface area contributed by atoms with Gasteiger partial charge in [0, 0.05) is 70.4 Å². The summed E-state index contributed by atoms with van der Waals surface area (Å²) in [6, 6.07) is 160. The predicted octanol–water partition coefficient (Wildman–Crippen LogP) is 31.7. The van der Waals surface area contributed by atoms with Gasteiger partial charge in [0.1, 0.15) is 5.58 Å². The first-order valence-corrected chi connectivity index (χ1v) is 43.7. The van der Waals surface area contributed by atoms with Gasteiger partial charge in [-0.2, -0.15) is 0 Å². The Morgan fingerprint density at radius 3 is 1.56 bits per heavy atom. The van der Waals surface area contributed by atoms with Crippen molar-refractivity contribution in [3.8, 4) is 67.0 Å². The van der Waals surface area contributed by atoms with Crippen LogP contribution in [0.3, 0.4) is 0 Å². The molecule has 2 spiro atoms. The van der Waals surface area contributed by atoms with Crippen LogP contribution in [-0.4, -0.2) is 9.13 Å². The average Bonchev–Trinajstić information content (AvgIpc) is 1.51. The Morgan fingerprint density at radius 1 is 0.242 bits per heavy atom. The van der Waals surface area contributed by atoms with Gasteiger partial charge >= 0.3 is 0 Å². The molecule has 6 heterocycles. The number of fused-ring (bicyclic) bond motifs is 33. The molecule has 0 saturated heterocycles. The Kier molecular flexibility index (Phi) is 13.9. The number of thiophene rings is 1. The Labute approximate surface area is 717 Å². The minimum atomic E-state index is -0.785. The van der Waals surface area contributed by atoms with Gasteiger partial charge in [-0.1, -0.05) is 315 Å². The standard InChI is InChI=1S/C118H70N4OS/c1-3-25-71(26-4-1)72-53-57-79(58-54-72)119(80-59-63-85-90-62-55-74-29-7-8-31-83(74)112(90)118(101(85)69-80)97-41-15-19-47-106(97)121-104-45-17-11-34-87(104)92-37-22-43-99(118)114(92)121)109-49-24-39-94-89-61-56-77(68-111(89)124-116(94)109)75-51-52-76-66-95-84-32-9-14-40-96(84)117(100(95)67-78(76)65-75)98-42-21-36-91-86-33-12-18-46-105(86)122(113(91)98)107-64-60-81(70-102(107)117)120(103-44-16-10-30-82(103)73-27-5-2-6-28-73)108-48-23-38-93-88-35-13-20-50-110(88)123-115(93)108/h1-70H. The Hall–Kier alpha value is -15.9. The topological polar surface area (TPSA) is 29.5 Å². The van der Waals surface area contributed by atoms with E-state index < -0.39 is 10.8 Å². The number of benzene rings is 20. The van der Waals surface area contributed by atoms with Crippen molar-refractivity contribution in [3.05, 3.63) is 469 Å². The molecule has 24 aromatic rings. The van der Waals surface area contributed by atoms with E-state index in [0.717, 1.165) is 72.9 Å². The highest BCUT2D eigenvalue weighted by Gasteiger charge is 2.54. The molecule has 0 fully saturated rings. The first kappa shape index (κ1) is 68.0. The molecule has 2 aliphatic carbocycles. The number of para-hydroxylation sites is 8. The fourth-order valence-electron chi connectivity index (χ4n) is 23.0. The molecule has 124 heavy (non-hydrogen) atoms. The second-order valence-corrected chi connectivity index (χ2v) is 35.0. The van der Waals surface area contributed by atoms with Gasteiger partial charge in [0.25, 0.3) is 0 Å². The van der Waals surface area contributed by atoms with Crippen LogP contribution < -0.4 is 9.80 Å². The van der Waals surface area contributed by atoms with Crippen LogP contribution in [0.4, 0.5) is 34.1 Å². The summed E-state index contributed by atoms with van der Waals surface area (Å²) in [6.07, 6.45) is 0. The van der Waals surface area contributed by atoms with Crippen molar-refractivity contribution < 1.29 is 4.42 Å². The largest absolute Gasteiger partial charge is 0.454 e. The quantitative estimate of drug-likeness (QED) is 0.144. The summed E-state index contributed by atoms with van der Waals surface area (Å²) in [7, 11) is 0. The maximum absolute atomic E-state index is 7.07. The smallest absolute Gasteiger partial charge is 0.159 e. The number of hydrogen-bond donors (Lipinski definition) is 0. The Bertz CT molecular complexity index is 8780. The van der Waals surface area contributed by atoms with Crippen molar-refractivity contribution in [3.63, 3.8) is 0 Å². The SMILES string of the molecule is c1ccc(-c2ccc(N(c3ccc4c(c3)C3(c5ccccc5-n5c6ccccc6c6cccc3c65)c3c-4ccc4ccccc34)c3cccc4c3sc3cc(-c5ccc6cc7c(cc6c5)C5(c6ccccc6-7)c6cc(N(c7ccccc7-c7ccccc7)c7cccc8c7oc7ccccc78)ccc6-n6c7ccccc7c7cccc5c76)ccc34)cc2)cc1. The maximum atomic E-state index is 7.07. The van der Waals surface area contributed by atoms with E-state index in [1.54, 1.807) is 0 Å². The van der Waals surface area contributed by atoms with Crippen molar-refractivity contribution in [2.45, 2.75) is 10.8 Å². The summed E-state index contributed by atoms with van der Waals surface area (Å²) in [6.45, 7) is 0. The zero-order chi connectivity index (χ0) is 80.8. The van der Waals surface area contributed by atoms with Gasteiger partial charge in [0.05, 0.1) is 66.0 Å².